The third kappa shape index (κ3) is 5.61. The smallest absolute Gasteiger partial charge is 0.417 e. The molecular formula is C26H26F3N3O5. The minimum Gasteiger partial charge on any atom is -0.480 e. The zero-order valence-corrected chi connectivity index (χ0v) is 19.9. The molecule has 4 N–H and O–H groups in total. The Morgan fingerprint density at radius 1 is 1.22 bits per heavy atom. The first-order valence-corrected chi connectivity index (χ1v) is 11.8. The lowest BCUT2D eigenvalue weighted by Gasteiger charge is -2.17. The number of carbonyl (C=O) groups is 2. The lowest BCUT2D eigenvalue weighted by molar-refractivity contribution is -0.140. The summed E-state index contributed by atoms with van der Waals surface area (Å²) < 4.78 is 45.8. The van der Waals surface area contributed by atoms with Gasteiger partial charge in [0.05, 0.1) is 12.1 Å². The van der Waals surface area contributed by atoms with Gasteiger partial charge in [-0.15, -0.1) is 0 Å². The molecule has 37 heavy (non-hydrogen) atoms. The molecule has 1 saturated heterocycles. The molecule has 11 heteroatoms. The van der Waals surface area contributed by atoms with Gasteiger partial charge >= 0.3 is 18.2 Å². The molecule has 2 heterocycles. The number of H-pyrrole nitrogens is 1. The molecule has 0 radical (unpaired) electrons. The van der Waals surface area contributed by atoms with Crippen LogP contribution in [0.1, 0.15) is 31.7 Å². The monoisotopic (exact) mass is 517 g/mol. The number of pyridine rings is 1. The maximum absolute atomic E-state index is 13.5. The molecule has 1 unspecified atom stereocenters. The molecule has 0 spiro atoms. The van der Waals surface area contributed by atoms with Gasteiger partial charge in [-0.25, -0.2) is 4.79 Å². The molecule has 0 bridgehead atoms. The van der Waals surface area contributed by atoms with Gasteiger partial charge in [-0.05, 0) is 54.8 Å². The van der Waals surface area contributed by atoms with Gasteiger partial charge in [0.25, 0.3) is 5.56 Å². The Labute approximate surface area is 209 Å². The molecule has 196 valence electrons. The number of aliphatic carboxylic acids is 1. The van der Waals surface area contributed by atoms with Gasteiger partial charge in [0, 0.05) is 22.3 Å². The van der Waals surface area contributed by atoms with E-state index in [2.05, 4.69) is 4.98 Å². The maximum Gasteiger partial charge on any atom is 0.417 e. The highest BCUT2D eigenvalue weighted by atomic mass is 19.4. The number of nitrogens with one attached hydrogen (secondary N) is 1. The number of carboxylic acid groups (broad SMARTS) is 1. The molecule has 0 saturated carbocycles. The van der Waals surface area contributed by atoms with Gasteiger partial charge in [0.2, 0.25) is 0 Å². The topological polar surface area (TPSA) is 126 Å². The summed E-state index contributed by atoms with van der Waals surface area (Å²) in [5, 5.41) is 9.64. The summed E-state index contributed by atoms with van der Waals surface area (Å²) in [6.45, 7) is 2.00. The van der Waals surface area contributed by atoms with Crippen molar-refractivity contribution < 1.29 is 32.6 Å². The summed E-state index contributed by atoms with van der Waals surface area (Å²) in [5.74, 6) is -1.29. The highest BCUT2D eigenvalue weighted by Crippen LogP contribution is 2.37. The summed E-state index contributed by atoms with van der Waals surface area (Å²) in [7, 11) is 0. The van der Waals surface area contributed by atoms with Crippen molar-refractivity contribution in [2.75, 3.05) is 11.4 Å². The van der Waals surface area contributed by atoms with Crippen LogP contribution in [0.25, 0.3) is 22.0 Å². The van der Waals surface area contributed by atoms with Crippen molar-refractivity contribution in [3.63, 3.8) is 0 Å². The number of aromatic nitrogens is 1. The summed E-state index contributed by atoms with van der Waals surface area (Å²) in [6.07, 6.45) is -3.86. The third-order valence-electron chi connectivity index (χ3n) is 6.62. The molecule has 8 nitrogen and oxygen atoms in total. The van der Waals surface area contributed by atoms with E-state index < -0.39 is 41.5 Å². The highest BCUT2D eigenvalue weighted by molar-refractivity contribution is 5.94. The molecule has 1 fully saturated rings. The number of nitrogens with zero attached hydrogens (tertiary/aromatic N) is 1. The summed E-state index contributed by atoms with van der Waals surface area (Å²) in [4.78, 5) is 40.2. The average molecular weight is 518 g/mol. The molecule has 1 aliphatic rings. The Kier molecular flexibility index (Phi) is 7.26. The second kappa shape index (κ2) is 10.3. The number of rotatable bonds is 8. The van der Waals surface area contributed by atoms with Gasteiger partial charge in [0.15, 0.2) is 0 Å². The van der Waals surface area contributed by atoms with E-state index in [0.29, 0.717) is 30.3 Å². The largest absolute Gasteiger partial charge is 0.480 e. The van der Waals surface area contributed by atoms with Gasteiger partial charge in [0.1, 0.15) is 12.1 Å². The normalized spacial score (nSPS) is 17.6. The number of anilines is 1. The molecule has 1 aliphatic heterocycles. The van der Waals surface area contributed by atoms with Crippen LogP contribution in [-0.2, 0) is 15.7 Å². The molecular weight excluding hydrogens is 491 g/mol. The Hall–Kier alpha value is -3.86. The average Bonchev–Trinajstić information content (AvgIpc) is 3.22. The van der Waals surface area contributed by atoms with Gasteiger partial charge < -0.3 is 20.6 Å². The maximum atomic E-state index is 13.5. The number of aromatic amines is 1. The van der Waals surface area contributed by atoms with E-state index in [1.54, 1.807) is 19.1 Å². The van der Waals surface area contributed by atoms with Crippen LogP contribution in [0.15, 0.2) is 53.3 Å². The van der Waals surface area contributed by atoms with Crippen LogP contribution in [0.3, 0.4) is 0 Å². The molecule has 2 aromatic carbocycles. The van der Waals surface area contributed by atoms with E-state index in [-0.39, 0.29) is 29.1 Å². The third-order valence-corrected chi connectivity index (χ3v) is 6.62. The molecule has 3 atom stereocenters. The van der Waals surface area contributed by atoms with Crippen LogP contribution in [0.4, 0.5) is 23.7 Å². The van der Waals surface area contributed by atoms with E-state index in [9.17, 15) is 27.6 Å². The van der Waals surface area contributed by atoms with Crippen molar-refractivity contribution in [2.45, 2.75) is 44.5 Å². The van der Waals surface area contributed by atoms with Crippen LogP contribution in [0.5, 0.6) is 0 Å². The second-order valence-electron chi connectivity index (χ2n) is 9.22. The Bertz CT molecular complexity index is 1390. The number of hydrogen-bond acceptors (Lipinski definition) is 5. The van der Waals surface area contributed by atoms with Crippen molar-refractivity contribution >= 4 is 28.5 Å². The SMILES string of the molecule is C[C@@H](CCCC1CN(c2ccc3cc(-c4ccccc4C(F)(F)F)[nH]c(=O)c3c2)C(=O)O1)[C@H](N)C(=O)O. The van der Waals surface area contributed by atoms with Crippen LogP contribution < -0.4 is 16.2 Å². The molecule has 3 aromatic rings. The van der Waals surface area contributed by atoms with Crippen LogP contribution in [0.2, 0.25) is 0 Å². The van der Waals surface area contributed by atoms with Crippen LogP contribution in [0, 0.1) is 5.92 Å². The van der Waals surface area contributed by atoms with Crippen LogP contribution >= 0.6 is 0 Å². The number of benzene rings is 2. The van der Waals surface area contributed by atoms with Crippen LogP contribution in [-0.4, -0.2) is 40.8 Å². The zero-order chi connectivity index (χ0) is 26.9. The summed E-state index contributed by atoms with van der Waals surface area (Å²) >= 11 is 0. The summed E-state index contributed by atoms with van der Waals surface area (Å²) in [6, 6.07) is 10.2. The van der Waals surface area contributed by atoms with E-state index in [1.165, 1.54) is 35.2 Å². The van der Waals surface area contributed by atoms with Crippen molar-refractivity contribution in [3.8, 4) is 11.3 Å². The Morgan fingerprint density at radius 3 is 2.65 bits per heavy atom. The number of hydrogen-bond donors (Lipinski definition) is 3. The minimum absolute atomic E-state index is 0.0377. The van der Waals surface area contributed by atoms with E-state index in [1.807, 2.05) is 0 Å². The second-order valence-corrected chi connectivity index (χ2v) is 9.22. The first kappa shape index (κ1) is 26.2. The van der Waals surface area contributed by atoms with Gasteiger partial charge in [-0.1, -0.05) is 31.2 Å². The lowest BCUT2D eigenvalue weighted by atomic mass is 9.95. The predicted molar refractivity (Wildman–Crippen MR) is 131 cm³/mol. The van der Waals surface area contributed by atoms with Gasteiger partial charge in [-0.3, -0.25) is 14.5 Å². The number of alkyl halides is 3. The molecule has 1 amide bonds. The Morgan fingerprint density at radius 2 is 1.95 bits per heavy atom. The molecule has 4 rings (SSSR count). The quantitative estimate of drug-likeness (QED) is 0.396. The number of carboxylic acids is 1. The Balaban J connectivity index is 1.51. The predicted octanol–water partition coefficient (Wildman–Crippen LogP) is 4.76. The number of fused-ring (bicyclic) bond motifs is 1. The van der Waals surface area contributed by atoms with Gasteiger partial charge in [-0.2, -0.15) is 13.2 Å². The lowest BCUT2D eigenvalue weighted by Crippen LogP contribution is -2.36. The minimum atomic E-state index is -4.58. The number of cyclic esters (lactones) is 1. The van der Waals surface area contributed by atoms with Crippen molar-refractivity contribution in [2.24, 2.45) is 11.7 Å². The van der Waals surface area contributed by atoms with Crippen molar-refractivity contribution in [1.82, 2.24) is 4.98 Å². The van der Waals surface area contributed by atoms with E-state index >= 15 is 0 Å². The van der Waals surface area contributed by atoms with E-state index in [4.69, 9.17) is 15.6 Å². The number of amides is 1. The summed E-state index contributed by atoms with van der Waals surface area (Å²) in [5.41, 5.74) is 4.52. The molecule has 1 aromatic heterocycles. The van der Waals surface area contributed by atoms with E-state index in [0.717, 1.165) is 6.07 Å². The van der Waals surface area contributed by atoms with Crippen molar-refractivity contribution in [1.29, 1.82) is 0 Å². The highest BCUT2D eigenvalue weighted by Gasteiger charge is 2.34. The van der Waals surface area contributed by atoms with Crippen molar-refractivity contribution in [3.05, 3.63) is 64.4 Å². The molecule has 0 aliphatic carbocycles. The number of halogens is 3. The fraction of sp³-hybridized carbons (Fsp3) is 0.346. The number of ether oxygens (including phenoxy) is 1. The zero-order valence-electron chi connectivity index (χ0n) is 19.9. The fourth-order valence-electron chi connectivity index (χ4n) is 4.50. The fourth-order valence-corrected chi connectivity index (χ4v) is 4.50. The first-order chi connectivity index (χ1) is 17.5. The standard InChI is InChI=1S/C26H26F3N3O5/c1-14(22(30)24(34)35)5-4-6-17-13-32(25(36)37-17)16-10-9-15-11-21(31-23(33)19(15)12-16)18-7-2-3-8-20(18)26(27,28)29/h2-3,7-12,14,17,22H,4-6,13,30H2,1H3,(H,31,33)(H,34,35)/t14-,17?,22-/m0/s1. The number of carbonyl (C=O) groups excluding carboxylic acids is 1. The number of nitrogens with two attached hydrogens (primary N) is 1. The first-order valence-electron chi connectivity index (χ1n) is 11.8.